The summed E-state index contributed by atoms with van der Waals surface area (Å²) in [6.07, 6.45) is 3.47. The van der Waals surface area contributed by atoms with E-state index in [9.17, 15) is 0 Å². The van der Waals surface area contributed by atoms with Crippen LogP contribution in [-0.2, 0) is 7.05 Å². The van der Waals surface area contributed by atoms with Gasteiger partial charge in [-0.25, -0.2) is 0 Å². The van der Waals surface area contributed by atoms with E-state index in [-0.39, 0.29) is 6.04 Å². The van der Waals surface area contributed by atoms with E-state index in [1.165, 1.54) is 0 Å². The number of rotatable bonds is 4. The van der Waals surface area contributed by atoms with Gasteiger partial charge < -0.3 is 9.73 Å². The van der Waals surface area contributed by atoms with Gasteiger partial charge in [0.2, 0.25) is 0 Å². The maximum Gasteiger partial charge on any atom is 0.0954 e. The number of nitrogens with zero attached hydrogens (tertiary/aromatic N) is 2. The minimum absolute atomic E-state index is 0.148. The normalized spacial score (nSPS) is 12.9. The number of hydrogen-bond donors (Lipinski definition) is 1. The van der Waals surface area contributed by atoms with Gasteiger partial charge in [-0.2, -0.15) is 5.10 Å². The molecule has 0 fully saturated rings. The van der Waals surface area contributed by atoms with Crippen LogP contribution in [0.5, 0.6) is 0 Å². The second kappa shape index (κ2) is 4.53. The summed E-state index contributed by atoms with van der Waals surface area (Å²) in [7, 11) is 1.97. The summed E-state index contributed by atoms with van der Waals surface area (Å²) in [5.74, 6) is 0. The molecule has 1 unspecified atom stereocenters. The van der Waals surface area contributed by atoms with E-state index in [1.54, 1.807) is 12.5 Å². The predicted octanol–water partition coefficient (Wildman–Crippen LogP) is 2.02. The van der Waals surface area contributed by atoms with Crippen molar-refractivity contribution in [1.82, 2.24) is 15.1 Å². The van der Waals surface area contributed by atoms with Crippen molar-refractivity contribution < 1.29 is 4.42 Å². The fourth-order valence-corrected chi connectivity index (χ4v) is 1.94. The molecule has 2 heterocycles. The zero-order valence-corrected chi connectivity index (χ0v) is 9.90. The molecule has 2 aromatic rings. The Labute approximate surface area is 95.3 Å². The topological polar surface area (TPSA) is 43.0 Å². The summed E-state index contributed by atoms with van der Waals surface area (Å²) >= 11 is 0. The molecule has 0 bridgehead atoms. The van der Waals surface area contributed by atoms with Crippen LogP contribution < -0.4 is 5.32 Å². The smallest absolute Gasteiger partial charge is 0.0954 e. The Bertz CT molecular complexity index is 445. The maximum absolute atomic E-state index is 5.14. The fourth-order valence-electron chi connectivity index (χ4n) is 1.94. The highest BCUT2D eigenvalue weighted by Crippen LogP contribution is 2.22. The van der Waals surface area contributed by atoms with Crippen molar-refractivity contribution >= 4 is 0 Å². The fraction of sp³-hybridized carbons (Fsp3) is 0.417. The SMILES string of the molecule is CCNC(c1ccoc1)c1cc(C)nn1C. The van der Waals surface area contributed by atoms with E-state index >= 15 is 0 Å². The predicted molar refractivity (Wildman–Crippen MR) is 62.2 cm³/mol. The number of furan rings is 1. The second-order valence-electron chi connectivity index (χ2n) is 3.88. The molecule has 1 atom stereocenters. The van der Waals surface area contributed by atoms with Crippen molar-refractivity contribution in [3.05, 3.63) is 41.6 Å². The first-order chi connectivity index (χ1) is 7.72. The Morgan fingerprint density at radius 1 is 1.56 bits per heavy atom. The molecule has 0 aromatic carbocycles. The summed E-state index contributed by atoms with van der Waals surface area (Å²) in [4.78, 5) is 0. The number of aromatic nitrogens is 2. The van der Waals surface area contributed by atoms with Crippen LogP contribution in [0.15, 0.2) is 29.1 Å². The van der Waals surface area contributed by atoms with Gasteiger partial charge in [-0.1, -0.05) is 6.92 Å². The van der Waals surface area contributed by atoms with Crippen molar-refractivity contribution in [3.63, 3.8) is 0 Å². The first-order valence-electron chi connectivity index (χ1n) is 5.48. The first kappa shape index (κ1) is 11.0. The number of hydrogen-bond acceptors (Lipinski definition) is 3. The van der Waals surface area contributed by atoms with Gasteiger partial charge in [0.05, 0.1) is 30.0 Å². The highest BCUT2D eigenvalue weighted by Gasteiger charge is 2.17. The van der Waals surface area contributed by atoms with Crippen LogP contribution in [0, 0.1) is 6.92 Å². The Kier molecular flexibility index (Phi) is 3.10. The highest BCUT2D eigenvalue weighted by atomic mass is 16.3. The van der Waals surface area contributed by atoms with Crippen LogP contribution in [0.25, 0.3) is 0 Å². The minimum Gasteiger partial charge on any atom is -0.472 e. The van der Waals surface area contributed by atoms with Crippen LogP contribution in [0.3, 0.4) is 0 Å². The van der Waals surface area contributed by atoms with Crippen molar-refractivity contribution in [2.24, 2.45) is 7.05 Å². The molecule has 0 aliphatic carbocycles. The summed E-state index contributed by atoms with van der Waals surface area (Å²) in [5.41, 5.74) is 3.31. The molecule has 0 saturated carbocycles. The van der Waals surface area contributed by atoms with Crippen molar-refractivity contribution in [2.45, 2.75) is 19.9 Å². The van der Waals surface area contributed by atoms with Gasteiger partial charge in [0.1, 0.15) is 0 Å². The van der Waals surface area contributed by atoms with E-state index in [0.717, 1.165) is 23.5 Å². The molecule has 0 aliphatic heterocycles. The monoisotopic (exact) mass is 219 g/mol. The van der Waals surface area contributed by atoms with E-state index in [4.69, 9.17) is 4.42 Å². The van der Waals surface area contributed by atoms with E-state index in [0.29, 0.717) is 0 Å². The molecule has 0 amide bonds. The van der Waals surface area contributed by atoms with Gasteiger partial charge in [0, 0.05) is 12.6 Å². The van der Waals surface area contributed by atoms with Crippen LogP contribution in [0.2, 0.25) is 0 Å². The molecular formula is C12H17N3O. The lowest BCUT2D eigenvalue weighted by molar-refractivity contribution is 0.540. The summed E-state index contributed by atoms with van der Waals surface area (Å²) in [5, 5.41) is 7.80. The van der Waals surface area contributed by atoms with E-state index < -0.39 is 0 Å². The molecule has 0 aliphatic rings. The second-order valence-corrected chi connectivity index (χ2v) is 3.88. The molecule has 86 valence electrons. The zero-order chi connectivity index (χ0) is 11.5. The number of aryl methyl sites for hydroxylation is 2. The molecule has 4 nitrogen and oxygen atoms in total. The summed E-state index contributed by atoms with van der Waals surface area (Å²) in [6, 6.07) is 4.23. The Balaban J connectivity index is 2.36. The quantitative estimate of drug-likeness (QED) is 0.855. The van der Waals surface area contributed by atoms with Crippen molar-refractivity contribution in [1.29, 1.82) is 0 Å². The molecule has 1 N–H and O–H groups in total. The third kappa shape index (κ3) is 2.02. The number of nitrogens with one attached hydrogen (secondary N) is 1. The largest absolute Gasteiger partial charge is 0.472 e. The minimum atomic E-state index is 0.148. The lowest BCUT2D eigenvalue weighted by Gasteiger charge is -2.16. The molecule has 0 saturated heterocycles. The van der Waals surface area contributed by atoms with Crippen molar-refractivity contribution in [2.75, 3.05) is 6.54 Å². The van der Waals surface area contributed by atoms with E-state index in [1.807, 2.05) is 24.7 Å². The van der Waals surface area contributed by atoms with Gasteiger partial charge >= 0.3 is 0 Å². The molecule has 0 spiro atoms. The average Bonchev–Trinajstić information content (AvgIpc) is 2.85. The van der Waals surface area contributed by atoms with Crippen LogP contribution in [0.1, 0.15) is 29.9 Å². The van der Waals surface area contributed by atoms with Crippen LogP contribution in [0.4, 0.5) is 0 Å². The third-order valence-electron chi connectivity index (χ3n) is 2.62. The van der Waals surface area contributed by atoms with Crippen LogP contribution in [-0.4, -0.2) is 16.3 Å². The highest BCUT2D eigenvalue weighted by molar-refractivity contribution is 5.25. The zero-order valence-electron chi connectivity index (χ0n) is 9.90. The van der Waals surface area contributed by atoms with Gasteiger partial charge in [-0.3, -0.25) is 4.68 Å². The standard InChI is InChI=1S/C12H17N3O/c1-4-13-12(10-5-6-16-8-10)11-7-9(2)14-15(11)3/h5-8,12-13H,4H2,1-3H3. The molecule has 16 heavy (non-hydrogen) atoms. The Hall–Kier alpha value is -1.55. The third-order valence-corrected chi connectivity index (χ3v) is 2.62. The average molecular weight is 219 g/mol. The molecule has 4 heteroatoms. The maximum atomic E-state index is 5.14. The lowest BCUT2D eigenvalue weighted by Crippen LogP contribution is -2.23. The summed E-state index contributed by atoms with van der Waals surface area (Å²) in [6.45, 7) is 5.00. The molecular weight excluding hydrogens is 202 g/mol. The van der Waals surface area contributed by atoms with E-state index in [2.05, 4.69) is 23.4 Å². The molecule has 2 rings (SSSR count). The molecule has 2 aromatic heterocycles. The van der Waals surface area contributed by atoms with Crippen LogP contribution >= 0.6 is 0 Å². The van der Waals surface area contributed by atoms with Gasteiger partial charge in [0.25, 0.3) is 0 Å². The van der Waals surface area contributed by atoms with Crippen molar-refractivity contribution in [3.8, 4) is 0 Å². The summed E-state index contributed by atoms with van der Waals surface area (Å²) < 4.78 is 7.05. The molecule has 0 radical (unpaired) electrons. The first-order valence-corrected chi connectivity index (χ1v) is 5.48. The van der Waals surface area contributed by atoms with Gasteiger partial charge in [-0.05, 0) is 25.6 Å². The Morgan fingerprint density at radius 3 is 2.88 bits per heavy atom. The Morgan fingerprint density at radius 2 is 2.38 bits per heavy atom. The lowest BCUT2D eigenvalue weighted by atomic mass is 10.1. The van der Waals surface area contributed by atoms with Gasteiger partial charge in [0.15, 0.2) is 0 Å². The van der Waals surface area contributed by atoms with Gasteiger partial charge in [-0.15, -0.1) is 0 Å².